The van der Waals surface area contributed by atoms with Crippen molar-refractivity contribution in [3.63, 3.8) is 0 Å². The minimum atomic E-state index is 0.0292. The van der Waals surface area contributed by atoms with Gasteiger partial charge in [0.1, 0.15) is 0 Å². The topological polar surface area (TPSA) is 20.2 Å². The minimum absolute atomic E-state index is 0.0292. The van der Waals surface area contributed by atoms with E-state index in [2.05, 4.69) is 13.8 Å². The third-order valence-corrected chi connectivity index (χ3v) is 2.76. The largest absolute Gasteiger partial charge is 0.393 e. The van der Waals surface area contributed by atoms with Crippen molar-refractivity contribution in [3.8, 4) is 0 Å². The average Bonchev–Trinajstić information content (AvgIpc) is 1.85. The van der Waals surface area contributed by atoms with Crippen LogP contribution in [0.1, 0.15) is 39.5 Å². The molecule has 0 aromatic heterocycles. The van der Waals surface area contributed by atoms with Gasteiger partial charge in [-0.25, -0.2) is 0 Å². The Balaban J connectivity index is 2.20. The lowest BCUT2D eigenvalue weighted by Gasteiger charge is -2.37. The number of rotatable bonds is 3. The molecule has 1 saturated carbocycles. The molecular weight excluding hydrogens is 124 g/mol. The van der Waals surface area contributed by atoms with E-state index in [9.17, 15) is 5.11 Å². The van der Waals surface area contributed by atoms with Crippen LogP contribution in [0.3, 0.4) is 0 Å². The van der Waals surface area contributed by atoms with Gasteiger partial charge in [0.05, 0.1) is 6.10 Å². The molecule has 3 atom stereocenters. The Kier molecular flexibility index (Phi) is 2.72. The molecule has 0 aromatic carbocycles. The number of hydrogen-bond acceptors (Lipinski definition) is 1. The van der Waals surface area contributed by atoms with Crippen molar-refractivity contribution < 1.29 is 5.11 Å². The van der Waals surface area contributed by atoms with Crippen LogP contribution in [0.2, 0.25) is 0 Å². The highest BCUT2D eigenvalue weighted by Gasteiger charge is 2.32. The van der Waals surface area contributed by atoms with Gasteiger partial charge in [0.2, 0.25) is 0 Å². The lowest BCUT2D eigenvalue weighted by Crippen LogP contribution is -2.35. The van der Waals surface area contributed by atoms with Crippen LogP contribution in [0.15, 0.2) is 0 Å². The summed E-state index contributed by atoms with van der Waals surface area (Å²) in [5.41, 5.74) is 0. The van der Waals surface area contributed by atoms with Gasteiger partial charge in [0.25, 0.3) is 0 Å². The summed E-state index contributed by atoms with van der Waals surface area (Å²) >= 11 is 0. The van der Waals surface area contributed by atoms with Gasteiger partial charge in [-0.1, -0.05) is 26.7 Å². The molecule has 1 N–H and O–H groups in total. The first kappa shape index (κ1) is 8.06. The minimum Gasteiger partial charge on any atom is -0.393 e. The number of aliphatic hydroxyl groups is 1. The number of hydrogen-bond donors (Lipinski definition) is 1. The van der Waals surface area contributed by atoms with Gasteiger partial charge in [-0.05, 0) is 24.7 Å². The van der Waals surface area contributed by atoms with Gasteiger partial charge >= 0.3 is 0 Å². The van der Waals surface area contributed by atoms with Gasteiger partial charge < -0.3 is 5.11 Å². The Labute approximate surface area is 63.4 Å². The summed E-state index contributed by atoms with van der Waals surface area (Å²) in [5.74, 6) is 1.37. The molecule has 0 saturated heterocycles. The van der Waals surface area contributed by atoms with Crippen LogP contribution in [-0.4, -0.2) is 11.2 Å². The molecule has 1 heteroatoms. The quantitative estimate of drug-likeness (QED) is 0.640. The van der Waals surface area contributed by atoms with E-state index < -0.39 is 0 Å². The smallest absolute Gasteiger partial charge is 0.0571 e. The van der Waals surface area contributed by atoms with Gasteiger partial charge in [0.15, 0.2) is 0 Å². The van der Waals surface area contributed by atoms with Crippen molar-refractivity contribution in [1.82, 2.24) is 0 Å². The van der Waals surface area contributed by atoms with Crippen LogP contribution in [0.5, 0.6) is 0 Å². The van der Waals surface area contributed by atoms with Crippen LogP contribution in [0.4, 0.5) is 0 Å². The van der Waals surface area contributed by atoms with Crippen molar-refractivity contribution in [2.24, 2.45) is 11.8 Å². The molecule has 3 unspecified atom stereocenters. The maximum absolute atomic E-state index is 9.30. The first-order valence-electron chi connectivity index (χ1n) is 4.43. The molecule has 1 rings (SSSR count). The molecule has 0 aromatic rings. The second kappa shape index (κ2) is 3.38. The SMILES string of the molecule is CCCC(C)C1CCC1O. The molecule has 0 bridgehead atoms. The Hall–Kier alpha value is -0.0400. The summed E-state index contributed by atoms with van der Waals surface area (Å²) in [6.07, 6.45) is 4.86. The van der Waals surface area contributed by atoms with E-state index in [1.54, 1.807) is 0 Å². The summed E-state index contributed by atoms with van der Waals surface area (Å²) in [5, 5.41) is 9.30. The van der Waals surface area contributed by atoms with Crippen LogP contribution in [0, 0.1) is 11.8 Å². The third kappa shape index (κ3) is 1.51. The maximum atomic E-state index is 9.30. The van der Waals surface area contributed by atoms with Crippen molar-refractivity contribution in [2.45, 2.75) is 45.6 Å². The summed E-state index contributed by atoms with van der Waals surface area (Å²) in [6, 6.07) is 0. The molecule has 60 valence electrons. The zero-order chi connectivity index (χ0) is 7.56. The Morgan fingerprint density at radius 3 is 2.50 bits per heavy atom. The molecule has 0 radical (unpaired) electrons. The highest BCUT2D eigenvalue weighted by molar-refractivity contribution is 4.83. The van der Waals surface area contributed by atoms with Gasteiger partial charge in [-0.3, -0.25) is 0 Å². The highest BCUT2D eigenvalue weighted by Crippen LogP contribution is 2.35. The standard InChI is InChI=1S/C9H18O/c1-3-4-7(2)8-5-6-9(8)10/h7-10H,3-6H2,1-2H3. The van der Waals surface area contributed by atoms with E-state index in [0.29, 0.717) is 5.92 Å². The van der Waals surface area contributed by atoms with E-state index in [0.717, 1.165) is 12.3 Å². The molecule has 1 fully saturated rings. The molecular formula is C9H18O. The monoisotopic (exact) mass is 142 g/mol. The zero-order valence-electron chi connectivity index (χ0n) is 7.01. The van der Waals surface area contributed by atoms with E-state index in [1.165, 1.54) is 19.3 Å². The molecule has 0 amide bonds. The normalized spacial score (nSPS) is 35.1. The molecule has 10 heavy (non-hydrogen) atoms. The first-order valence-corrected chi connectivity index (χ1v) is 4.43. The van der Waals surface area contributed by atoms with E-state index in [1.807, 2.05) is 0 Å². The summed E-state index contributed by atoms with van der Waals surface area (Å²) in [6.45, 7) is 4.47. The molecule has 1 aliphatic rings. The van der Waals surface area contributed by atoms with Crippen molar-refractivity contribution in [3.05, 3.63) is 0 Å². The van der Waals surface area contributed by atoms with Crippen LogP contribution < -0.4 is 0 Å². The van der Waals surface area contributed by atoms with Gasteiger partial charge in [-0.15, -0.1) is 0 Å². The Morgan fingerprint density at radius 1 is 1.50 bits per heavy atom. The van der Waals surface area contributed by atoms with E-state index >= 15 is 0 Å². The van der Waals surface area contributed by atoms with Crippen LogP contribution >= 0.6 is 0 Å². The molecule has 1 aliphatic carbocycles. The molecule has 0 aliphatic heterocycles. The zero-order valence-corrected chi connectivity index (χ0v) is 7.01. The lowest BCUT2D eigenvalue weighted by atomic mass is 9.73. The van der Waals surface area contributed by atoms with E-state index in [-0.39, 0.29) is 6.10 Å². The van der Waals surface area contributed by atoms with Gasteiger partial charge in [-0.2, -0.15) is 0 Å². The lowest BCUT2D eigenvalue weighted by molar-refractivity contribution is -0.00764. The summed E-state index contributed by atoms with van der Waals surface area (Å²) < 4.78 is 0. The molecule has 0 spiro atoms. The number of aliphatic hydroxyl groups excluding tert-OH is 1. The fraction of sp³-hybridized carbons (Fsp3) is 1.00. The van der Waals surface area contributed by atoms with Crippen molar-refractivity contribution >= 4 is 0 Å². The maximum Gasteiger partial charge on any atom is 0.0571 e. The summed E-state index contributed by atoms with van der Waals surface area (Å²) in [7, 11) is 0. The van der Waals surface area contributed by atoms with Crippen molar-refractivity contribution in [2.75, 3.05) is 0 Å². The predicted molar refractivity (Wildman–Crippen MR) is 42.8 cm³/mol. The fourth-order valence-electron chi connectivity index (χ4n) is 1.84. The second-order valence-corrected chi connectivity index (χ2v) is 3.57. The molecule has 0 heterocycles. The Bertz CT molecular complexity index is 101. The third-order valence-electron chi connectivity index (χ3n) is 2.76. The predicted octanol–water partition coefficient (Wildman–Crippen LogP) is 2.19. The average molecular weight is 142 g/mol. The second-order valence-electron chi connectivity index (χ2n) is 3.57. The van der Waals surface area contributed by atoms with Crippen LogP contribution in [0.25, 0.3) is 0 Å². The summed E-state index contributed by atoms with van der Waals surface area (Å²) in [4.78, 5) is 0. The molecule has 1 nitrogen and oxygen atoms in total. The van der Waals surface area contributed by atoms with E-state index in [4.69, 9.17) is 0 Å². The highest BCUT2D eigenvalue weighted by atomic mass is 16.3. The fourth-order valence-corrected chi connectivity index (χ4v) is 1.84. The van der Waals surface area contributed by atoms with Crippen molar-refractivity contribution in [1.29, 1.82) is 0 Å². The van der Waals surface area contributed by atoms with Crippen LogP contribution in [-0.2, 0) is 0 Å². The first-order chi connectivity index (χ1) is 4.75. The van der Waals surface area contributed by atoms with Gasteiger partial charge in [0, 0.05) is 0 Å². The Morgan fingerprint density at radius 2 is 2.20 bits per heavy atom.